The maximum Gasteiger partial charge on any atom is 0.139 e. The number of Topliss-reactive ketones (excluding diaryl/α,β-unsaturated/α-hetero) is 2. The van der Waals surface area contributed by atoms with E-state index in [9.17, 15) is 9.59 Å². The van der Waals surface area contributed by atoms with E-state index in [4.69, 9.17) is 0 Å². The van der Waals surface area contributed by atoms with Gasteiger partial charge in [0.2, 0.25) is 0 Å². The predicted octanol–water partition coefficient (Wildman–Crippen LogP) is 6.35. The van der Waals surface area contributed by atoms with Gasteiger partial charge in [-0.05, 0) is 48.3 Å². The minimum absolute atomic E-state index is 0.0323. The van der Waals surface area contributed by atoms with Crippen molar-refractivity contribution >= 4 is 17.3 Å². The van der Waals surface area contributed by atoms with Crippen LogP contribution in [0.3, 0.4) is 0 Å². The SMILES string of the molecule is Cc1ccc(N2C3CC(C)(C)CC(=O)C3C(c3ccccc3)C3C(=O)CC(C)(C)CC32)cc1. The van der Waals surface area contributed by atoms with Crippen LogP contribution in [0.15, 0.2) is 54.6 Å². The lowest BCUT2D eigenvalue weighted by atomic mass is 9.53. The van der Waals surface area contributed by atoms with E-state index in [1.807, 2.05) is 6.07 Å². The van der Waals surface area contributed by atoms with Crippen LogP contribution in [0.2, 0.25) is 0 Å². The van der Waals surface area contributed by atoms with Crippen LogP contribution in [-0.2, 0) is 9.59 Å². The van der Waals surface area contributed by atoms with Crippen molar-refractivity contribution in [1.82, 2.24) is 0 Å². The molecule has 2 aromatic carbocycles. The van der Waals surface area contributed by atoms with Crippen LogP contribution in [-0.4, -0.2) is 23.7 Å². The second-order valence-electron chi connectivity index (χ2n) is 12.4. The highest BCUT2D eigenvalue weighted by Gasteiger charge is 2.59. The summed E-state index contributed by atoms with van der Waals surface area (Å²) < 4.78 is 0. The first-order valence-corrected chi connectivity index (χ1v) is 12.5. The maximum absolute atomic E-state index is 13.8. The molecule has 0 N–H and O–H groups in total. The molecule has 2 aliphatic carbocycles. The third-order valence-electron chi connectivity index (χ3n) is 8.41. The molecule has 0 aromatic heterocycles. The van der Waals surface area contributed by atoms with E-state index in [2.05, 4.69) is 88.0 Å². The van der Waals surface area contributed by atoms with Crippen molar-refractivity contribution in [3.05, 3.63) is 65.7 Å². The predicted molar refractivity (Wildman–Crippen MR) is 133 cm³/mol. The third kappa shape index (κ3) is 3.94. The molecular formula is C30H37NO2. The summed E-state index contributed by atoms with van der Waals surface area (Å²) >= 11 is 0. The molecule has 2 saturated carbocycles. The number of hydrogen-bond donors (Lipinski definition) is 0. The lowest BCUT2D eigenvalue weighted by Gasteiger charge is -2.60. The fourth-order valence-electron chi connectivity index (χ4n) is 7.22. The Kier molecular flexibility index (Phi) is 5.30. The molecular weight excluding hydrogens is 406 g/mol. The van der Waals surface area contributed by atoms with E-state index in [1.54, 1.807) is 0 Å². The van der Waals surface area contributed by atoms with Crippen LogP contribution in [0.4, 0.5) is 5.69 Å². The first-order chi connectivity index (χ1) is 15.6. The zero-order chi connectivity index (χ0) is 23.5. The van der Waals surface area contributed by atoms with E-state index >= 15 is 0 Å². The highest BCUT2D eigenvalue weighted by Crippen LogP contribution is 2.56. The minimum Gasteiger partial charge on any atom is -0.364 e. The summed E-state index contributed by atoms with van der Waals surface area (Å²) in [4.78, 5) is 30.2. The van der Waals surface area contributed by atoms with E-state index in [0.717, 1.165) is 24.1 Å². The number of aryl methyl sites for hydroxylation is 1. The lowest BCUT2D eigenvalue weighted by Crippen LogP contribution is -2.66. The van der Waals surface area contributed by atoms with Crippen molar-refractivity contribution < 1.29 is 9.59 Å². The summed E-state index contributed by atoms with van der Waals surface area (Å²) in [5.74, 6) is 0.341. The molecule has 0 radical (unpaired) electrons. The summed E-state index contributed by atoms with van der Waals surface area (Å²) in [6, 6.07) is 19.4. The summed E-state index contributed by atoms with van der Waals surface area (Å²) in [6.45, 7) is 11.0. The van der Waals surface area contributed by atoms with Crippen LogP contribution in [0.5, 0.6) is 0 Å². The molecule has 33 heavy (non-hydrogen) atoms. The van der Waals surface area contributed by atoms with Crippen LogP contribution < -0.4 is 4.90 Å². The number of hydrogen-bond acceptors (Lipinski definition) is 3. The van der Waals surface area contributed by atoms with Gasteiger partial charge in [0.1, 0.15) is 11.6 Å². The first kappa shape index (κ1) is 22.4. The second-order valence-corrected chi connectivity index (χ2v) is 12.4. The number of fused-ring (bicyclic) bond motifs is 2. The average Bonchev–Trinajstić information content (AvgIpc) is 2.72. The van der Waals surface area contributed by atoms with Gasteiger partial charge in [0, 0.05) is 48.4 Å². The third-order valence-corrected chi connectivity index (χ3v) is 8.41. The Morgan fingerprint density at radius 2 is 1.18 bits per heavy atom. The second kappa shape index (κ2) is 7.82. The molecule has 3 fully saturated rings. The van der Waals surface area contributed by atoms with Gasteiger partial charge in [0.25, 0.3) is 0 Å². The summed E-state index contributed by atoms with van der Waals surface area (Å²) in [5, 5.41) is 0. The quantitative estimate of drug-likeness (QED) is 0.543. The van der Waals surface area contributed by atoms with Crippen LogP contribution >= 0.6 is 0 Å². The number of carbonyl (C=O) groups is 2. The normalized spacial score (nSPS) is 32.8. The minimum atomic E-state index is -0.145. The number of ketones is 2. The van der Waals surface area contributed by atoms with Gasteiger partial charge >= 0.3 is 0 Å². The first-order valence-electron chi connectivity index (χ1n) is 12.5. The van der Waals surface area contributed by atoms with Gasteiger partial charge in [-0.3, -0.25) is 9.59 Å². The molecule has 3 heteroatoms. The van der Waals surface area contributed by atoms with Gasteiger partial charge in [-0.15, -0.1) is 0 Å². The Labute approximate surface area is 198 Å². The van der Waals surface area contributed by atoms with Crippen LogP contribution in [0, 0.1) is 29.6 Å². The lowest BCUT2D eigenvalue weighted by molar-refractivity contribution is -0.138. The van der Waals surface area contributed by atoms with Gasteiger partial charge in [-0.2, -0.15) is 0 Å². The molecule has 5 rings (SSSR count). The number of anilines is 1. The van der Waals surface area contributed by atoms with Crippen molar-refractivity contribution in [3.63, 3.8) is 0 Å². The molecule has 0 spiro atoms. The topological polar surface area (TPSA) is 37.4 Å². The van der Waals surface area contributed by atoms with Crippen molar-refractivity contribution in [2.24, 2.45) is 22.7 Å². The zero-order valence-electron chi connectivity index (χ0n) is 20.7. The van der Waals surface area contributed by atoms with Crippen LogP contribution in [0.25, 0.3) is 0 Å². The summed E-state index contributed by atoms with van der Waals surface area (Å²) in [7, 11) is 0. The zero-order valence-corrected chi connectivity index (χ0v) is 20.7. The molecule has 1 saturated heterocycles. The summed E-state index contributed by atoms with van der Waals surface area (Å²) in [6.07, 6.45) is 3.13. The molecule has 1 aliphatic heterocycles. The Hall–Kier alpha value is -2.42. The Balaban J connectivity index is 1.71. The van der Waals surface area contributed by atoms with Crippen molar-refractivity contribution in [1.29, 1.82) is 0 Å². The van der Waals surface area contributed by atoms with Gasteiger partial charge in [0.15, 0.2) is 0 Å². The van der Waals surface area contributed by atoms with Crippen molar-refractivity contribution in [2.75, 3.05) is 4.90 Å². The molecule has 4 unspecified atom stereocenters. The molecule has 4 atom stereocenters. The highest BCUT2D eigenvalue weighted by atomic mass is 16.1. The molecule has 0 amide bonds. The molecule has 0 bridgehead atoms. The molecule has 1 heterocycles. The maximum atomic E-state index is 13.8. The number of nitrogens with zero attached hydrogens (tertiary/aromatic N) is 1. The molecule has 174 valence electrons. The Morgan fingerprint density at radius 3 is 1.67 bits per heavy atom. The number of piperidine rings is 1. The fraction of sp³-hybridized carbons (Fsp3) is 0.533. The standard InChI is InChI=1S/C30H37NO2/c1-19-11-13-21(14-12-19)31-22-15-29(2,3)17-24(32)27(22)26(20-9-7-6-8-10-20)28-23(31)16-30(4,5)18-25(28)33/h6-14,22-23,26-28H,15-18H2,1-5H3. The smallest absolute Gasteiger partial charge is 0.139 e. The summed E-state index contributed by atoms with van der Waals surface area (Å²) in [5.41, 5.74) is 3.47. The Bertz CT molecular complexity index is 1010. The number of carbonyl (C=O) groups excluding carboxylic acids is 2. The number of benzene rings is 2. The molecule has 2 aromatic rings. The fourth-order valence-corrected chi connectivity index (χ4v) is 7.22. The van der Waals surface area contributed by atoms with E-state index in [-0.39, 0.29) is 40.7 Å². The van der Waals surface area contributed by atoms with E-state index in [0.29, 0.717) is 24.4 Å². The van der Waals surface area contributed by atoms with Crippen molar-refractivity contribution in [3.8, 4) is 0 Å². The average molecular weight is 444 g/mol. The monoisotopic (exact) mass is 443 g/mol. The van der Waals surface area contributed by atoms with Gasteiger partial charge in [-0.1, -0.05) is 75.7 Å². The van der Waals surface area contributed by atoms with E-state index < -0.39 is 0 Å². The molecule has 3 aliphatic rings. The van der Waals surface area contributed by atoms with Crippen LogP contribution in [0.1, 0.15) is 70.4 Å². The highest BCUT2D eigenvalue weighted by molar-refractivity contribution is 5.90. The number of rotatable bonds is 2. The molecule has 3 nitrogen and oxygen atoms in total. The van der Waals surface area contributed by atoms with Gasteiger partial charge in [-0.25, -0.2) is 0 Å². The van der Waals surface area contributed by atoms with Gasteiger partial charge < -0.3 is 4.90 Å². The van der Waals surface area contributed by atoms with Crippen molar-refractivity contribution in [2.45, 2.75) is 78.3 Å². The largest absolute Gasteiger partial charge is 0.364 e. The van der Waals surface area contributed by atoms with E-state index in [1.165, 1.54) is 5.56 Å². The van der Waals surface area contributed by atoms with Gasteiger partial charge in [0.05, 0.1) is 0 Å². The Morgan fingerprint density at radius 1 is 0.697 bits per heavy atom.